The molecule has 0 amide bonds. The zero-order valence-electron chi connectivity index (χ0n) is 34.7. The second-order valence-corrected chi connectivity index (χ2v) is 17.5. The van der Waals surface area contributed by atoms with Crippen LogP contribution >= 0.6 is 0 Å². The Morgan fingerprint density at radius 1 is 1.00 bits per heavy atom. The van der Waals surface area contributed by atoms with Crippen LogP contribution in [0, 0.1) is 11.3 Å². The number of aromatic nitrogens is 1. The van der Waals surface area contributed by atoms with Crippen LogP contribution in [0.5, 0.6) is 5.75 Å². The molecule has 9 rings (SSSR count). The number of likely N-dealkylation sites (N-methyl/N-ethyl adjacent to an activating group) is 1. The van der Waals surface area contributed by atoms with Crippen molar-refractivity contribution in [2.75, 3.05) is 66.0 Å². The highest BCUT2D eigenvalue weighted by atomic mass is 16.6. The minimum atomic E-state index is -2.28. The van der Waals surface area contributed by atoms with E-state index < -0.39 is 45.9 Å². The number of rotatable bonds is 7. The highest BCUT2D eigenvalue weighted by Gasteiger charge is 2.80. The largest absolute Gasteiger partial charge is 0.496 e. The topological polar surface area (TPSA) is 134 Å². The first-order valence-electron chi connectivity index (χ1n) is 20.8. The van der Waals surface area contributed by atoms with Gasteiger partial charge in [0.2, 0.25) is 5.60 Å². The van der Waals surface area contributed by atoms with Gasteiger partial charge in [0.15, 0.2) is 6.10 Å². The molecule has 12 heteroatoms. The van der Waals surface area contributed by atoms with E-state index in [1.54, 1.807) is 7.11 Å². The zero-order valence-corrected chi connectivity index (χ0v) is 34.7. The lowest BCUT2D eigenvalue weighted by Gasteiger charge is -2.63. The molecule has 9 atom stereocenters. The third-order valence-electron chi connectivity index (χ3n) is 15.1. The Morgan fingerprint density at radius 2 is 1.78 bits per heavy atom. The molecule has 1 spiro atoms. The maximum Gasteiger partial charge on any atom is 0.344 e. The number of nitrogens with one attached hydrogen (secondary N) is 1. The Bertz CT molecular complexity index is 2270. The van der Waals surface area contributed by atoms with Crippen LogP contribution in [0.1, 0.15) is 68.8 Å². The highest BCUT2D eigenvalue weighted by molar-refractivity contribution is 5.95. The number of fused-ring (bicyclic) bond motifs is 6. The molecule has 58 heavy (non-hydrogen) atoms. The Balaban J connectivity index is 1.37. The van der Waals surface area contributed by atoms with Gasteiger partial charge in [-0.1, -0.05) is 55.8 Å². The van der Waals surface area contributed by atoms with Crippen LogP contribution in [0.15, 0.2) is 60.2 Å². The lowest BCUT2D eigenvalue weighted by Crippen LogP contribution is -2.81. The van der Waals surface area contributed by atoms with Crippen molar-refractivity contribution in [3.63, 3.8) is 0 Å². The van der Waals surface area contributed by atoms with E-state index in [0.29, 0.717) is 43.7 Å². The first-order chi connectivity index (χ1) is 27.9. The lowest BCUT2D eigenvalue weighted by molar-refractivity contribution is -0.228. The van der Waals surface area contributed by atoms with E-state index in [0.717, 1.165) is 65.9 Å². The van der Waals surface area contributed by atoms with E-state index in [-0.39, 0.29) is 17.9 Å². The Morgan fingerprint density at radius 3 is 2.48 bits per heavy atom. The second-order valence-electron chi connectivity index (χ2n) is 17.5. The van der Waals surface area contributed by atoms with Gasteiger partial charge in [-0.2, -0.15) is 0 Å². The lowest BCUT2D eigenvalue weighted by atomic mass is 9.47. The summed E-state index contributed by atoms with van der Waals surface area (Å²) in [6.07, 6.45) is 8.43. The predicted molar refractivity (Wildman–Crippen MR) is 219 cm³/mol. The number of benzene rings is 2. The maximum absolute atomic E-state index is 15.3. The van der Waals surface area contributed by atoms with Gasteiger partial charge in [-0.3, -0.25) is 19.4 Å². The number of aromatic amines is 1. The van der Waals surface area contributed by atoms with Crippen molar-refractivity contribution in [3.8, 4) is 5.75 Å². The summed E-state index contributed by atoms with van der Waals surface area (Å²) in [6.45, 7) is 9.44. The molecule has 5 aliphatic heterocycles. The highest BCUT2D eigenvalue weighted by Crippen LogP contribution is 2.68. The molecule has 0 radical (unpaired) electrons. The van der Waals surface area contributed by atoms with Crippen molar-refractivity contribution in [2.45, 2.75) is 87.5 Å². The van der Waals surface area contributed by atoms with Crippen LogP contribution in [0.3, 0.4) is 0 Å². The Labute approximate surface area is 340 Å². The molecule has 2 aromatic carbocycles. The molecule has 2 fully saturated rings. The minimum Gasteiger partial charge on any atom is -0.496 e. The van der Waals surface area contributed by atoms with Crippen molar-refractivity contribution in [3.05, 3.63) is 82.6 Å². The van der Waals surface area contributed by atoms with Crippen LogP contribution in [-0.2, 0) is 45.8 Å². The Kier molecular flexibility index (Phi) is 9.18. The summed E-state index contributed by atoms with van der Waals surface area (Å²) in [7, 11) is 6.24. The summed E-state index contributed by atoms with van der Waals surface area (Å²) < 4.78 is 24.0. The van der Waals surface area contributed by atoms with Gasteiger partial charge >= 0.3 is 17.9 Å². The van der Waals surface area contributed by atoms with Gasteiger partial charge in [-0.25, -0.2) is 4.79 Å². The molecule has 308 valence electrons. The van der Waals surface area contributed by atoms with E-state index in [9.17, 15) is 14.7 Å². The number of nitrogens with zero attached hydrogens (tertiary/aromatic N) is 3. The van der Waals surface area contributed by atoms with Crippen molar-refractivity contribution in [1.29, 1.82) is 0 Å². The van der Waals surface area contributed by atoms with Crippen molar-refractivity contribution in [2.24, 2.45) is 11.3 Å². The average Bonchev–Trinajstić information content (AvgIpc) is 3.89. The normalized spacial score (nSPS) is 34.7. The number of para-hydroxylation sites is 1. The van der Waals surface area contributed by atoms with Gasteiger partial charge in [0.05, 0.1) is 27.4 Å². The summed E-state index contributed by atoms with van der Waals surface area (Å²) >= 11 is 0. The van der Waals surface area contributed by atoms with Crippen LogP contribution in [0.4, 0.5) is 5.69 Å². The number of carbonyl (C=O) groups excluding carboxylic acids is 3. The van der Waals surface area contributed by atoms with Crippen LogP contribution in [0.25, 0.3) is 10.9 Å². The van der Waals surface area contributed by atoms with E-state index in [1.807, 2.05) is 37.1 Å². The number of aliphatic hydroxyl groups is 1. The SMILES string of the molecule is CCC1=C[C@H]2CN(CCc3c([nH]c4ccccc34)[C@@](C(=O)OC)(c3cc4c(cc3OC)N(C)[C@@H]3[C@]45CCN4CC=C[C@@](CC)(C(OC(C)=O)[C@]3(O)C(=O)OC)[C@H]45)C2)C1. The fourth-order valence-electron chi connectivity index (χ4n) is 13.0. The molecule has 2 bridgehead atoms. The van der Waals surface area contributed by atoms with Crippen LogP contribution in [-0.4, -0.2) is 123 Å². The van der Waals surface area contributed by atoms with E-state index in [2.05, 4.69) is 58.1 Å². The van der Waals surface area contributed by atoms with Crippen LogP contribution in [0.2, 0.25) is 0 Å². The summed E-state index contributed by atoms with van der Waals surface area (Å²) in [5, 5.41) is 14.4. The summed E-state index contributed by atoms with van der Waals surface area (Å²) in [6, 6.07) is 11.2. The standard InChI is InChI=1S/C46H56N4O8/c1-8-28-21-29-24-45(41(52)56-6,37-31(15-19-49(25-28)26-29)30-13-10-11-14-34(30)47-37)33-22-32-35(23-36(33)55-5)48(4)39-44(32)17-20-50-18-12-16-43(9-2,38(44)50)40(58-27(3)51)46(39,54)42(53)57-7/h10-14,16,21-23,29,38-40,47,54H,8-9,15,17-20,24-26H2,1-7H3/t29-,38+,39-,40?,43-,44-,45+,46+/m1/s1. The van der Waals surface area contributed by atoms with Gasteiger partial charge < -0.3 is 33.9 Å². The smallest absolute Gasteiger partial charge is 0.344 e. The molecule has 2 N–H and O–H groups in total. The van der Waals surface area contributed by atoms with Gasteiger partial charge in [0.1, 0.15) is 11.2 Å². The number of hydrogen-bond donors (Lipinski definition) is 2. The van der Waals surface area contributed by atoms with Crippen molar-refractivity contribution < 1.29 is 38.4 Å². The quantitative estimate of drug-likeness (QED) is 0.194. The first kappa shape index (κ1) is 38.8. The number of hydrogen-bond acceptors (Lipinski definition) is 11. The molecule has 1 aliphatic carbocycles. The van der Waals surface area contributed by atoms with E-state index in [4.69, 9.17) is 18.9 Å². The average molecular weight is 793 g/mol. The second kappa shape index (κ2) is 13.7. The number of ether oxygens (including phenoxy) is 4. The molecule has 1 aromatic heterocycles. The molecule has 6 aliphatic rings. The summed E-state index contributed by atoms with van der Waals surface area (Å²) in [5.41, 5.74) is 1.10. The molecule has 1 saturated heterocycles. The predicted octanol–water partition coefficient (Wildman–Crippen LogP) is 4.80. The molecule has 3 aromatic rings. The third kappa shape index (κ3) is 4.94. The molecule has 2 unspecified atom stereocenters. The van der Waals surface area contributed by atoms with Crippen LogP contribution < -0.4 is 9.64 Å². The molecular formula is C46H56N4O8. The fraction of sp³-hybridized carbons (Fsp3) is 0.543. The molecule has 6 heterocycles. The number of methoxy groups -OCH3 is 3. The maximum atomic E-state index is 15.3. The Hall–Kier alpha value is -4.65. The molecular weight excluding hydrogens is 737 g/mol. The third-order valence-corrected chi connectivity index (χ3v) is 15.1. The van der Waals surface area contributed by atoms with Crippen molar-refractivity contribution >= 4 is 34.5 Å². The van der Waals surface area contributed by atoms with Gasteiger partial charge in [0, 0.05) is 90.9 Å². The van der Waals surface area contributed by atoms with E-state index >= 15 is 4.79 Å². The van der Waals surface area contributed by atoms with E-state index in [1.165, 1.54) is 26.7 Å². The minimum absolute atomic E-state index is 0.0217. The molecule has 12 nitrogen and oxygen atoms in total. The number of H-pyrrole nitrogens is 1. The van der Waals surface area contributed by atoms with Gasteiger partial charge in [-0.15, -0.1) is 0 Å². The summed E-state index contributed by atoms with van der Waals surface area (Å²) in [5.74, 6) is -1.31. The zero-order chi connectivity index (χ0) is 40.9. The van der Waals surface area contributed by atoms with Crippen molar-refractivity contribution in [1.82, 2.24) is 14.8 Å². The summed E-state index contributed by atoms with van der Waals surface area (Å²) in [4.78, 5) is 53.4. The van der Waals surface area contributed by atoms with Gasteiger partial charge in [0.25, 0.3) is 0 Å². The monoisotopic (exact) mass is 792 g/mol. The number of carbonyl (C=O) groups is 3. The fourth-order valence-corrected chi connectivity index (χ4v) is 13.0. The van der Waals surface area contributed by atoms with Gasteiger partial charge in [-0.05, 0) is 67.8 Å². The first-order valence-corrected chi connectivity index (χ1v) is 20.8. The molecule has 1 saturated carbocycles. The number of anilines is 1. The number of esters is 3.